The van der Waals surface area contributed by atoms with E-state index in [0.717, 1.165) is 5.39 Å². The fourth-order valence-electron chi connectivity index (χ4n) is 2.81. The highest BCUT2D eigenvalue weighted by atomic mass is 32.2. The van der Waals surface area contributed by atoms with E-state index in [-0.39, 0.29) is 10.7 Å². The summed E-state index contributed by atoms with van der Waals surface area (Å²) in [7, 11) is -4.00. The van der Waals surface area contributed by atoms with E-state index in [4.69, 9.17) is 13.9 Å². The fraction of sp³-hybridized carbons (Fsp3) is 0.167. The molecule has 140 valence electrons. The van der Waals surface area contributed by atoms with Gasteiger partial charge < -0.3 is 13.9 Å². The van der Waals surface area contributed by atoms with Crippen molar-refractivity contribution in [3.8, 4) is 11.5 Å². The second kappa shape index (κ2) is 6.60. The normalized spacial score (nSPS) is 13.5. The van der Waals surface area contributed by atoms with Gasteiger partial charge in [-0.25, -0.2) is 8.42 Å². The summed E-state index contributed by atoms with van der Waals surface area (Å²) < 4.78 is 41.2. The monoisotopic (exact) mass is 388 g/mol. The number of sulfonamides is 1. The molecule has 0 unspecified atom stereocenters. The maximum absolute atomic E-state index is 12.5. The number of carbonyl (C=O) groups is 1. The lowest BCUT2D eigenvalue weighted by atomic mass is 10.1. The number of furan rings is 1. The summed E-state index contributed by atoms with van der Waals surface area (Å²) in [5, 5.41) is 0.789. The maximum Gasteiger partial charge on any atom is 0.302 e. The highest BCUT2D eigenvalue weighted by Gasteiger charge is 2.22. The van der Waals surface area contributed by atoms with Gasteiger partial charge in [0.1, 0.15) is 18.8 Å². The van der Waals surface area contributed by atoms with Crippen molar-refractivity contribution in [1.29, 1.82) is 0 Å². The third-order valence-electron chi connectivity index (χ3n) is 4.17. The Hall–Kier alpha value is -3.04. The van der Waals surface area contributed by atoms with Crippen LogP contribution in [0.2, 0.25) is 0 Å². The number of rotatable bonds is 4. The Kier molecular flexibility index (Phi) is 4.25. The van der Waals surface area contributed by atoms with Crippen molar-refractivity contribution in [1.82, 2.24) is 10.3 Å². The van der Waals surface area contributed by atoms with Gasteiger partial charge in [-0.15, -0.1) is 4.83 Å². The third-order valence-corrected chi connectivity index (χ3v) is 5.42. The zero-order valence-corrected chi connectivity index (χ0v) is 15.1. The molecule has 8 nitrogen and oxygen atoms in total. The number of aryl methyl sites for hydroxylation is 1. The van der Waals surface area contributed by atoms with Crippen molar-refractivity contribution >= 4 is 26.9 Å². The average Bonchev–Trinajstić information content (AvgIpc) is 3.03. The van der Waals surface area contributed by atoms with Gasteiger partial charge in [-0.2, -0.15) is 0 Å². The van der Waals surface area contributed by atoms with Crippen molar-refractivity contribution < 1.29 is 27.1 Å². The summed E-state index contributed by atoms with van der Waals surface area (Å²) in [6.07, 6.45) is 0. The molecule has 3 aromatic rings. The van der Waals surface area contributed by atoms with E-state index in [0.29, 0.717) is 35.9 Å². The second-order valence-corrected chi connectivity index (χ2v) is 7.60. The van der Waals surface area contributed by atoms with Gasteiger partial charge in [0.15, 0.2) is 17.3 Å². The largest absolute Gasteiger partial charge is 0.486 e. The Morgan fingerprint density at radius 2 is 1.78 bits per heavy atom. The van der Waals surface area contributed by atoms with Gasteiger partial charge in [-0.3, -0.25) is 10.2 Å². The number of amides is 1. The van der Waals surface area contributed by atoms with Gasteiger partial charge in [0.25, 0.3) is 10.0 Å². The van der Waals surface area contributed by atoms with E-state index in [9.17, 15) is 13.2 Å². The Morgan fingerprint density at radius 3 is 2.56 bits per heavy atom. The molecule has 2 heterocycles. The van der Waals surface area contributed by atoms with Crippen molar-refractivity contribution in [3.05, 3.63) is 53.8 Å². The molecule has 0 radical (unpaired) electrons. The lowest BCUT2D eigenvalue weighted by Crippen LogP contribution is -2.41. The van der Waals surface area contributed by atoms with Gasteiger partial charge >= 0.3 is 5.91 Å². The Morgan fingerprint density at radius 1 is 1.04 bits per heavy atom. The lowest BCUT2D eigenvalue weighted by molar-refractivity contribution is 0.0918. The number of hydrogen-bond acceptors (Lipinski definition) is 6. The number of para-hydroxylation sites is 1. The maximum atomic E-state index is 12.5. The number of fused-ring (bicyclic) bond motifs is 2. The number of benzene rings is 2. The molecule has 0 atom stereocenters. The molecule has 1 aliphatic rings. The van der Waals surface area contributed by atoms with E-state index < -0.39 is 15.9 Å². The van der Waals surface area contributed by atoms with Crippen molar-refractivity contribution in [3.63, 3.8) is 0 Å². The van der Waals surface area contributed by atoms with Crippen LogP contribution in [0.15, 0.2) is 51.8 Å². The van der Waals surface area contributed by atoms with Crippen molar-refractivity contribution in [2.45, 2.75) is 11.8 Å². The van der Waals surface area contributed by atoms with Crippen LogP contribution in [0, 0.1) is 6.92 Å². The standard InChI is InChI=1S/C18H16N2O6S/c1-11-13-4-2-3-5-14(13)26-17(11)18(21)19-20-27(22,23)12-6-7-15-16(10-12)25-9-8-24-15/h2-7,10,20H,8-9H2,1H3,(H,19,21). The summed E-state index contributed by atoms with van der Waals surface area (Å²) >= 11 is 0. The summed E-state index contributed by atoms with van der Waals surface area (Å²) in [6, 6.07) is 11.4. The minimum Gasteiger partial charge on any atom is -0.486 e. The van der Waals surface area contributed by atoms with Crippen LogP contribution in [-0.2, 0) is 10.0 Å². The fourth-order valence-corrected chi connectivity index (χ4v) is 3.67. The molecule has 4 rings (SSSR count). The molecule has 1 aliphatic heterocycles. The van der Waals surface area contributed by atoms with Crippen LogP contribution in [0.5, 0.6) is 11.5 Å². The molecule has 0 spiro atoms. The molecule has 0 saturated heterocycles. The summed E-state index contributed by atoms with van der Waals surface area (Å²) in [6.45, 7) is 2.48. The minimum atomic E-state index is -4.00. The number of hydrogen-bond donors (Lipinski definition) is 2. The van der Waals surface area contributed by atoms with Crippen LogP contribution >= 0.6 is 0 Å². The van der Waals surface area contributed by atoms with E-state index in [2.05, 4.69) is 10.3 Å². The highest BCUT2D eigenvalue weighted by Crippen LogP contribution is 2.32. The smallest absolute Gasteiger partial charge is 0.302 e. The predicted molar refractivity (Wildman–Crippen MR) is 96.2 cm³/mol. The molecule has 1 amide bonds. The van der Waals surface area contributed by atoms with Gasteiger partial charge in [0.2, 0.25) is 0 Å². The summed E-state index contributed by atoms with van der Waals surface area (Å²) in [5.74, 6) is 0.164. The highest BCUT2D eigenvalue weighted by molar-refractivity contribution is 7.89. The molecule has 2 N–H and O–H groups in total. The van der Waals surface area contributed by atoms with Crippen LogP contribution < -0.4 is 19.7 Å². The molecule has 9 heteroatoms. The minimum absolute atomic E-state index is 0.0427. The molecular weight excluding hydrogens is 372 g/mol. The predicted octanol–water partition coefficient (Wildman–Crippen LogP) is 2.14. The van der Waals surface area contributed by atoms with Gasteiger partial charge in [0, 0.05) is 17.0 Å². The molecule has 0 bridgehead atoms. The number of ether oxygens (including phenoxy) is 2. The van der Waals surface area contributed by atoms with Crippen LogP contribution in [0.1, 0.15) is 16.1 Å². The zero-order valence-electron chi connectivity index (χ0n) is 14.3. The van der Waals surface area contributed by atoms with Crippen LogP contribution in [0.3, 0.4) is 0 Å². The van der Waals surface area contributed by atoms with Crippen LogP contribution in [0.4, 0.5) is 0 Å². The first-order chi connectivity index (χ1) is 13.0. The van der Waals surface area contributed by atoms with E-state index >= 15 is 0 Å². The van der Waals surface area contributed by atoms with Crippen molar-refractivity contribution in [2.75, 3.05) is 13.2 Å². The quantitative estimate of drug-likeness (QED) is 0.663. The number of nitrogens with one attached hydrogen (secondary N) is 2. The Balaban J connectivity index is 1.53. The number of hydrazine groups is 1. The average molecular weight is 388 g/mol. The Bertz CT molecular complexity index is 1140. The molecule has 1 aromatic heterocycles. The van der Waals surface area contributed by atoms with Gasteiger partial charge in [0.05, 0.1) is 4.90 Å². The van der Waals surface area contributed by atoms with E-state index in [1.54, 1.807) is 19.1 Å². The molecule has 0 aliphatic carbocycles. The first-order valence-corrected chi connectivity index (χ1v) is 9.64. The van der Waals surface area contributed by atoms with Crippen LogP contribution in [-0.4, -0.2) is 27.5 Å². The summed E-state index contributed by atoms with van der Waals surface area (Å²) in [4.78, 5) is 14.4. The topological polar surface area (TPSA) is 107 Å². The first kappa shape index (κ1) is 17.4. The third kappa shape index (κ3) is 3.22. The number of carbonyl (C=O) groups excluding carboxylic acids is 1. The SMILES string of the molecule is Cc1c(C(=O)NNS(=O)(=O)c2ccc3c(c2)OCCO3)oc2ccccc12. The Labute approximate surface area is 155 Å². The zero-order chi connectivity index (χ0) is 19.0. The first-order valence-electron chi connectivity index (χ1n) is 8.15. The van der Waals surface area contributed by atoms with E-state index in [1.807, 2.05) is 12.1 Å². The molecule has 0 saturated carbocycles. The van der Waals surface area contributed by atoms with Crippen molar-refractivity contribution in [2.24, 2.45) is 0 Å². The summed E-state index contributed by atoms with van der Waals surface area (Å²) in [5.41, 5.74) is 3.35. The molecule has 27 heavy (non-hydrogen) atoms. The lowest BCUT2D eigenvalue weighted by Gasteiger charge is -2.18. The second-order valence-electron chi connectivity index (χ2n) is 5.92. The van der Waals surface area contributed by atoms with Gasteiger partial charge in [-0.1, -0.05) is 18.2 Å². The molecule has 2 aromatic carbocycles. The van der Waals surface area contributed by atoms with Crippen LogP contribution in [0.25, 0.3) is 11.0 Å². The van der Waals surface area contributed by atoms with E-state index in [1.165, 1.54) is 18.2 Å². The molecule has 0 fully saturated rings. The molecular formula is C18H16N2O6S. The van der Waals surface area contributed by atoms with Gasteiger partial charge in [-0.05, 0) is 25.1 Å².